The van der Waals surface area contributed by atoms with Crippen molar-refractivity contribution in [2.24, 2.45) is 0 Å². The summed E-state index contributed by atoms with van der Waals surface area (Å²) in [5, 5.41) is 4.24. The molecular formula is C19H18N6O3. The van der Waals surface area contributed by atoms with Crippen LogP contribution in [0.1, 0.15) is 16.2 Å². The molecule has 2 aliphatic heterocycles. The van der Waals surface area contributed by atoms with Crippen LogP contribution in [0.5, 0.6) is 0 Å². The molecule has 9 nitrogen and oxygen atoms in total. The average Bonchev–Trinajstić information content (AvgIpc) is 3.29. The molecule has 0 N–H and O–H groups in total. The van der Waals surface area contributed by atoms with Crippen LogP contribution >= 0.6 is 0 Å². The third kappa shape index (κ3) is 2.67. The highest BCUT2D eigenvalue weighted by Crippen LogP contribution is 2.32. The molecule has 0 radical (unpaired) electrons. The molecule has 2 fully saturated rings. The van der Waals surface area contributed by atoms with Crippen molar-refractivity contribution in [3.8, 4) is 0 Å². The van der Waals surface area contributed by atoms with Gasteiger partial charge in [0.15, 0.2) is 0 Å². The molecule has 2 amide bonds. The Morgan fingerprint density at radius 3 is 2.86 bits per heavy atom. The first-order chi connectivity index (χ1) is 13.6. The molecule has 3 aromatic rings. The number of fused-ring (bicyclic) bond motifs is 2. The van der Waals surface area contributed by atoms with E-state index in [0.717, 1.165) is 5.56 Å². The van der Waals surface area contributed by atoms with Crippen LogP contribution < -0.4 is 0 Å². The molecule has 142 valence electrons. The minimum absolute atomic E-state index is 0.104. The minimum atomic E-state index is -0.580. The molecule has 2 saturated heterocycles. The fourth-order valence-corrected chi connectivity index (χ4v) is 3.98. The number of cyclic esters (lactones) is 1. The molecule has 0 saturated carbocycles. The van der Waals surface area contributed by atoms with Crippen LogP contribution in [0.3, 0.4) is 0 Å². The normalized spacial score (nSPS) is 21.6. The van der Waals surface area contributed by atoms with Crippen LogP contribution in [0, 0.1) is 0 Å². The van der Waals surface area contributed by atoms with E-state index in [2.05, 4.69) is 15.1 Å². The fraction of sp³-hybridized carbons (Fsp3) is 0.316. The lowest BCUT2D eigenvalue weighted by Gasteiger charge is -2.44. The monoisotopic (exact) mass is 378 g/mol. The van der Waals surface area contributed by atoms with Gasteiger partial charge in [0.05, 0.1) is 0 Å². The number of benzene rings is 1. The molecule has 0 spiro atoms. The van der Waals surface area contributed by atoms with Crippen molar-refractivity contribution in [3.63, 3.8) is 0 Å². The van der Waals surface area contributed by atoms with Gasteiger partial charge in [0.2, 0.25) is 5.82 Å². The minimum Gasteiger partial charge on any atom is -0.447 e. The zero-order valence-electron chi connectivity index (χ0n) is 15.1. The summed E-state index contributed by atoms with van der Waals surface area (Å²) < 4.78 is 6.84. The zero-order chi connectivity index (χ0) is 19.1. The second-order valence-corrected chi connectivity index (χ2v) is 7.12. The number of hydrogen-bond donors (Lipinski definition) is 0. The predicted molar refractivity (Wildman–Crippen MR) is 97.6 cm³/mol. The maximum Gasteiger partial charge on any atom is 0.410 e. The number of carbonyl (C=O) groups excluding carboxylic acids is 2. The smallest absolute Gasteiger partial charge is 0.410 e. The van der Waals surface area contributed by atoms with Gasteiger partial charge in [0, 0.05) is 38.4 Å². The van der Waals surface area contributed by atoms with E-state index in [9.17, 15) is 9.59 Å². The summed E-state index contributed by atoms with van der Waals surface area (Å²) in [5.41, 5.74) is 0.513. The number of hydrogen-bond acceptors (Lipinski definition) is 6. The first-order valence-corrected chi connectivity index (χ1v) is 9.10. The quantitative estimate of drug-likeness (QED) is 0.675. The second-order valence-electron chi connectivity index (χ2n) is 7.12. The van der Waals surface area contributed by atoms with Crippen LogP contribution in [0.15, 0.2) is 48.8 Å². The van der Waals surface area contributed by atoms with Gasteiger partial charge in [-0.1, -0.05) is 30.3 Å². The Morgan fingerprint density at radius 1 is 1.18 bits per heavy atom. The highest BCUT2D eigenvalue weighted by atomic mass is 16.6. The van der Waals surface area contributed by atoms with Crippen molar-refractivity contribution in [2.45, 2.75) is 12.0 Å². The summed E-state index contributed by atoms with van der Waals surface area (Å²) in [6, 6.07) is 11.7. The molecule has 5 rings (SSSR count). The lowest BCUT2D eigenvalue weighted by atomic mass is 9.88. The van der Waals surface area contributed by atoms with Crippen molar-refractivity contribution >= 4 is 17.8 Å². The number of rotatable bonds is 3. The van der Waals surface area contributed by atoms with Crippen LogP contribution in [0.25, 0.3) is 5.78 Å². The Morgan fingerprint density at radius 2 is 2.04 bits per heavy atom. The maximum absolute atomic E-state index is 13.0. The van der Waals surface area contributed by atoms with Gasteiger partial charge in [-0.15, -0.1) is 5.10 Å². The van der Waals surface area contributed by atoms with Crippen molar-refractivity contribution < 1.29 is 14.3 Å². The lowest BCUT2D eigenvalue weighted by Crippen LogP contribution is -2.63. The van der Waals surface area contributed by atoms with Crippen molar-refractivity contribution in [3.05, 3.63) is 60.2 Å². The number of aromatic nitrogens is 4. The van der Waals surface area contributed by atoms with Gasteiger partial charge in [-0.2, -0.15) is 4.98 Å². The topological polar surface area (TPSA) is 92.9 Å². The SMILES string of the molecule is O=C(c1nc2ncccn2n1)N1CCN2C(=O)OCC2(Cc2ccccc2)C1. The van der Waals surface area contributed by atoms with Crippen LogP contribution in [-0.4, -0.2) is 73.2 Å². The molecule has 1 unspecified atom stereocenters. The Hall–Kier alpha value is -3.49. The highest BCUT2D eigenvalue weighted by molar-refractivity contribution is 5.91. The van der Waals surface area contributed by atoms with Crippen molar-refractivity contribution in [1.29, 1.82) is 0 Å². The molecule has 28 heavy (non-hydrogen) atoms. The lowest BCUT2D eigenvalue weighted by molar-refractivity contribution is 0.0366. The molecule has 1 aromatic carbocycles. The summed E-state index contributed by atoms with van der Waals surface area (Å²) in [4.78, 5) is 37.1. The standard InChI is InChI=1S/C19H18N6O3/c26-16(15-21-17-20-7-4-8-25(17)22-15)23-9-10-24-18(27)28-13-19(24,12-23)11-14-5-2-1-3-6-14/h1-8H,9-13H2. The molecule has 0 bridgehead atoms. The van der Waals surface area contributed by atoms with E-state index in [1.165, 1.54) is 4.52 Å². The summed E-state index contributed by atoms with van der Waals surface area (Å²) in [5.74, 6) is 0.215. The van der Waals surface area contributed by atoms with Gasteiger partial charge in [-0.25, -0.2) is 14.3 Å². The Kier molecular flexibility index (Phi) is 3.75. The van der Waals surface area contributed by atoms with E-state index < -0.39 is 5.54 Å². The van der Waals surface area contributed by atoms with Gasteiger partial charge in [-0.05, 0) is 11.6 Å². The number of ether oxygens (including phenoxy) is 1. The van der Waals surface area contributed by atoms with E-state index in [-0.39, 0.29) is 24.4 Å². The molecule has 2 aromatic heterocycles. The van der Waals surface area contributed by atoms with Gasteiger partial charge in [0.25, 0.3) is 11.7 Å². The maximum atomic E-state index is 13.0. The molecule has 1 atom stereocenters. The summed E-state index contributed by atoms with van der Waals surface area (Å²) in [6.07, 6.45) is 3.60. The van der Waals surface area contributed by atoms with Gasteiger partial charge >= 0.3 is 6.09 Å². The van der Waals surface area contributed by atoms with Crippen molar-refractivity contribution in [2.75, 3.05) is 26.2 Å². The first kappa shape index (κ1) is 16.7. The Balaban J connectivity index is 1.44. The van der Waals surface area contributed by atoms with E-state index >= 15 is 0 Å². The Labute approximate surface area is 160 Å². The van der Waals surface area contributed by atoms with Crippen LogP contribution in [0.2, 0.25) is 0 Å². The predicted octanol–water partition coefficient (Wildman–Crippen LogP) is 1.01. The molecule has 2 aliphatic rings. The zero-order valence-corrected chi connectivity index (χ0v) is 15.1. The number of piperazine rings is 1. The largest absolute Gasteiger partial charge is 0.447 e. The Bertz CT molecular complexity index is 1020. The fourth-order valence-electron chi connectivity index (χ4n) is 3.98. The number of nitrogens with zero attached hydrogens (tertiary/aromatic N) is 6. The third-order valence-electron chi connectivity index (χ3n) is 5.31. The highest BCUT2D eigenvalue weighted by Gasteiger charge is 2.51. The molecule has 0 aliphatic carbocycles. The molecular weight excluding hydrogens is 360 g/mol. The van der Waals surface area contributed by atoms with E-state index in [1.54, 1.807) is 28.3 Å². The summed E-state index contributed by atoms with van der Waals surface area (Å²) >= 11 is 0. The summed E-state index contributed by atoms with van der Waals surface area (Å²) in [6.45, 7) is 1.45. The van der Waals surface area contributed by atoms with E-state index in [0.29, 0.717) is 31.8 Å². The first-order valence-electron chi connectivity index (χ1n) is 9.10. The number of carbonyl (C=O) groups is 2. The van der Waals surface area contributed by atoms with Crippen molar-refractivity contribution in [1.82, 2.24) is 29.4 Å². The van der Waals surface area contributed by atoms with E-state index in [4.69, 9.17) is 4.74 Å². The third-order valence-corrected chi connectivity index (χ3v) is 5.31. The van der Waals surface area contributed by atoms with Gasteiger partial charge < -0.3 is 9.64 Å². The molecule has 9 heteroatoms. The van der Waals surface area contributed by atoms with Crippen LogP contribution in [0.4, 0.5) is 4.79 Å². The van der Waals surface area contributed by atoms with E-state index in [1.807, 2.05) is 30.3 Å². The van der Waals surface area contributed by atoms with Gasteiger partial charge in [-0.3, -0.25) is 9.69 Å². The summed E-state index contributed by atoms with van der Waals surface area (Å²) in [7, 11) is 0. The van der Waals surface area contributed by atoms with Gasteiger partial charge in [0.1, 0.15) is 12.1 Å². The van der Waals surface area contributed by atoms with Crippen LogP contribution in [-0.2, 0) is 11.2 Å². The molecule has 4 heterocycles. The average molecular weight is 378 g/mol. The number of amides is 2. The second kappa shape index (κ2) is 6.29.